The van der Waals surface area contributed by atoms with Crippen LogP contribution in [0.1, 0.15) is 35.8 Å². The van der Waals surface area contributed by atoms with Gasteiger partial charge in [-0.3, -0.25) is 4.72 Å². The average Bonchev–Trinajstić information content (AvgIpc) is 3.35. The van der Waals surface area contributed by atoms with Gasteiger partial charge < -0.3 is 4.52 Å². The third kappa shape index (κ3) is 3.77. The highest BCUT2D eigenvalue weighted by molar-refractivity contribution is 9.10. The Kier molecular flexibility index (Phi) is 4.55. The molecule has 1 fully saturated rings. The van der Waals surface area contributed by atoms with Crippen molar-refractivity contribution in [1.29, 1.82) is 0 Å². The smallest absolute Gasteiger partial charge is 0.262 e. The van der Waals surface area contributed by atoms with E-state index >= 15 is 0 Å². The number of hydrogen-bond donors (Lipinski definition) is 1. The first-order valence-corrected chi connectivity index (χ1v) is 10.8. The highest BCUT2D eigenvalue weighted by Crippen LogP contribution is 2.39. The minimum atomic E-state index is -3.77. The van der Waals surface area contributed by atoms with E-state index in [9.17, 15) is 8.42 Å². The topological polar surface area (TPSA) is 85.1 Å². The highest BCUT2D eigenvalue weighted by atomic mass is 79.9. The lowest BCUT2D eigenvalue weighted by Crippen LogP contribution is -2.15. The van der Waals surface area contributed by atoms with Gasteiger partial charge in [0.1, 0.15) is 0 Å². The number of anilines is 1. The fraction of sp³-hybridized carbons (Fsp3) is 0.263. The summed E-state index contributed by atoms with van der Waals surface area (Å²) in [4.78, 5) is 4.59. The van der Waals surface area contributed by atoms with Crippen LogP contribution in [0.5, 0.6) is 0 Å². The summed E-state index contributed by atoms with van der Waals surface area (Å²) in [6.45, 7) is 3.70. The monoisotopic (exact) mass is 447 g/mol. The van der Waals surface area contributed by atoms with Gasteiger partial charge in [-0.25, -0.2) is 8.42 Å². The molecule has 1 aliphatic carbocycles. The Hall–Kier alpha value is -2.19. The van der Waals surface area contributed by atoms with Gasteiger partial charge in [-0.05, 0) is 71.9 Å². The van der Waals surface area contributed by atoms with Crippen molar-refractivity contribution in [1.82, 2.24) is 10.1 Å². The van der Waals surface area contributed by atoms with E-state index in [1.807, 2.05) is 19.1 Å². The molecular formula is C19H18BrN3O3S. The molecule has 0 unspecified atom stereocenters. The lowest BCUT2D eigenvalue weighted by atomic mass is 10.1. The van der Waals surface area contributed by atoms with E-state index < -0.39 is 10.0 Å². The SMILES string of the molecule is Cc1ccc(NS(=O)(=O)c2cc(-c3noc(C4CC4)n3)ccc2C)c(Br)c1. The molecule has 0 amide bonds. The molecule has 27 heavy (non-hydrogen) atoms. The Bertz CT molecular complexity index is 1120. The second kappa shape index (κ2) is 6.76. The Labute approximate surface area is 166 Å². The number of aromatic nitrogens is 2. The van der Waals surface area contributed by atoms with E-state index in [2.05, 4.69) is 30.8 Å². The minimum absolute atomic E-state index is 0.185. The molecule has 0 spiro atoms. The Morgan fingerprint density at radius 1 is 1.15 bits per heavy atom. The van der Waals surface area contributed by atoms with Gasteiger partial charge >= 0.3 is 0 Å². The van der Waals surface area contributed by atoms with Gasteiger partial charge in [0, 0.05) is 16.0 Å². The van der Waals surface area contributed by atoms with Gasteiger partial charge in [-0.2, -0.15) is 4.98 Å². The van der Waals surface area contributed by atoms with Crippen LogP contribution in [-0.2, 0) is 10.0 Å². The number of aryl methyl sites for hydroxylation is 2. The van der Waals surface area contributed by atoms with Gasteiger partial charge in [0.15, 0.2) is 0 Å². The second-order valence-electron chi connectivity index (χ2n) is 6.80. The van der Waals surface area contributed by atoms with Crippen molar-refractivity contribution in [2.45, 2.75) is 37.5 Å². The fourth-order valence-electron chi connectivity index (χ4n) is 2.78. The summed E-state index contributed by atoms with van der Waals surface area (Å²) in [6.07, 6.45) is 2.12. The molecule has 6 nitrogen and oxygen atoms in total. The standard InChI is InChI=1S/C19H18BrN3O3S/c1-11-3-8-16(15(20)9-11)23-27(24,25)17-10-14(5-4-12(17)2)18-21-19(26-22-18)13-6-7-13/h3-5,8-10,13,23H,6-7H2,1-2H3. The predicted molar refractivity (Wildman–Crippen MR) is 106 cm³/mol. The van der Waals surface area contributed by atoms with Crippen molar-refractivity contribution in [3.63, 3.8) is 0 Å². The molecular weight excluding hydrogens is 430 g/mol. The number of hydrogen-bond acceptors (Lipinski definition) is 5. The van der Waals surface area contributed by atoms with E-state index in [1.54, 1.807) is 31.2 Å². The van der Waals surface area contributed by atoms with Crippen molar-refractivity contribution >= 4 is 31.6 Å². The van der Waals surface area contributed by atoms with E-state index in [0.717, 1.165) is 18.4 Å². The average molecular weight is 448 g/mol. The molecule has 4 rings (SSSR count). The van der Waals surface area contributed by atoms with Crippen LogP contribution in [-0.4, -0.2) is 18.6 Å². The van der Waals surface area contributed by atoms with E-state index in [1.165, 1.54) is 0 Å². The second-order valence-corrected chi connectivity index (χ2v) is 9.30. The zero-order valence-corrected chi connectivity index (χ0v) is 17.3. The molecule has 1 heterocycles. The largest absolute Gasteiger partial charge is 0.339 e. The van der Waals surface area contributed by atoms with Crippen LogP contribution in [0.3, 0.4) is 0 Å². The molecule has 0 radical (unpaired) electrons. The third-order valence-corrected chi connectivity index (χ3v) is 6.64. The molecule has 1 aliphatic rings. The van der Waals surface area contributed by atoms with Crippen molar-refractivity contribution in [3.8, 4) is 11.4 Å². The first-order valence-electron chi connectivity index (χ1n) is 8.57. The van der Waals surface area contributed by atoms with Crippen molar-refractivity contribution < 1.29 is 12.9 Å². The summed E-state index contributed by atoms with van der Waals surface area (Å²) in [7, 11) is -3.77. The number of sulfonamides is 1. The zero-order valence-electron chi connectivity index (χ0n) is 14.9. The third-order valence-electron chi connectivity index (χ3n) is 4.47. The molecule has 1 saturated carbocycles. The maximum atomic E-state index is 13.0. The fourth-order valence-corrected chi connectivity index (χ4v) is 4.86. The molecule has 3 aromatic rings. The van der Waals surface area contributed by atoms with E-state index in [-0.39, 0.29) is 4.90 Å². The van der Waals surface area contributed by atoms with Crippen molar-refractivity contribution in [2.75, 3.05) is 4.72 Å². The van der Waals surface area contributed by atoms with Crippen LogP contribution in [0.4, 0.5) is 5.69 Å². The summed E-state index contributed by atoms with van der Waals surface area (Å²) in [5.74, 6) is 1.38. The highest BCUT2D eigenvalue weighted by Gasteiger charge is 2.30. The lowest BCUT2D eigenvalue weighted by Gasteiger charge is -2.13. The van der Waals surface area contributed by atoms with Gasteiger partial charge in [-0.1, -0.05) is 23.4 Å². The van der Waals surface area contributed by atoms with Crippen LogP contribution in [0, 0.1) is 13.8 Å². The first-order chi connectivity index (χ1) is 12.8. The molecule has 0 atom stereocenters. The molecule has 1 N–H and O–H groups in total. The zero-order chi connectivity index (χ0) is 19.2. The Balaban J connectivity index is 1.68. The molecule has 0 bridgehead atoms. The number of rotatable bonds is 5. The Morgan fingerprint density at radius 3 is 2.63 bits per heavy atom. The van der Waals surface area contributed by atoms with Crippen molar-refractivity contribution in [3.05, 3.63) is 57.9 Å². The quantitative estimate of drug-likeness (QED) is 0.607. The Morgan fingerprint density at radius 2 is 1.93 bits per heavy atom. The normalized spacial score (nSPS) is 14.3. The molecule has 0 saturated heterocycles. The van der Waals surface area contributed by atoms with Crippen LogP contribution >= 0.6 is 15.9 Å². The number of halogens is 1. The lowest BCUT2D eigenvalue weighted by molar-refractivity contribution is 0.380. The molecule has 140 valence electrons. The first kappa shape index (κ1) is 18.2. The van der Waals surface area contributed by atoms with Crippen LogP contribution in [0.25, 0.3) is 11.4 Å². The molecule has 8 heteroatoms. The van der Waals surface area contributed by atoms with Gasteiger partial charge in [0.05, 0.1) is 10.6 Å². The van der Waals surface area contributed by atoms with Gasteiger partial charge in [0.25, 0.3) is 10.0 Å². The van der Waals surface area contributed by atoms with E-state index in [4.69, 9.17) is 4.52 Å². The molecule has 2 aromatic carbocycles. The van der Waals surface area contributed by atoms with Gasteiger partial charge in [0.2, 0.25) is 11.7 Å². The number of nitrogens with one attached hydrogen (secondary N) is 1. The molecule has 1 aromatic heterocycles. The van der Waals surface area contributed by atoms with Gasteiger partial charge in [-0.15, -0.1) is 0 Å². The minimum Gasteiger partial charge on any atom is -0.339 e. The van der Waals surface area contributed by atoms with Crippen LogP contribution in [0.15, 0.2) is 50.3 Å². The van der Waals surface area contributed by atoms with Crippen LogP contribution in [0.2, 0.25) is 0 Å². The molecule has 0 aliphatic heterocycles. The van der Waals surface area contributed by atoms with E-state index in [0.29, 0.717) is 38.9 Å². The number of benzene rings is 2. The summed E-state index contributed by atoms with van der Waals surface area (Å²) >= 11 is 3.40. The van der Waals surface area contributed by atoms with Crippen LogP contribution < -0.4 is 4.72 Å². The summed E-state index contributed by atoms with van der Waals surface area (Å²) in [5.41, 5.74) is 2.77. The maximum Gasteiger partial charge on any atom is 0.262 e. The summed E-state index contributed by atoms with van der Waals surface area (Å²) in [6, 6.07) is 10.6. The maximum absolute atomic E-state index is 13.0. The number of nitrogens with zero attached hydrogens (tertiary/aromatic N) is 2. The van der Waals surface area contributed by atoms with Crippen molar-refractivity contribution in [2.24, 2.45) is 0 Å². The predicted octanol–water partition coefficient (Wildman–Crippen LogP) is 4.79. The summed E-state index contributed by atoms with van der Waals surface area (Å²) in [5, 5.41) is 4.00. The summed E-state index contributed by atoms with van der Waals surface area (Å²) < 4.78 is 34.6.